The smallest absolute Gasteiger partial charge is 0.166 e. The van der Waals surface area contributed by atoms with Crippen molar-refractivity contribution in [1.82, 2.24) is 9.97 Å². The van der Waals surface area contributed by atoms with Crippen LogP contribution in [-0.2, 0) is 13.0 Å². The molecule has 160 valence electrons. The number of nitrogens with zero attached hydrogens (tertiary/aromatic N) is 3. The van der Waals surface area contributed by atoms with E-state index in [1.807, 2.05) is 42.7 Å². The van der Waals surface area contributed by atoms with Crippen molar-refractivity contribution in [3.8, 4) is 23.2 Å². The van der Waals surface area contributed by atoms with E-state index in [1.165, 1.54) is 62.3 Å². The van der Waals surface area contributed by atoms with Gasteiger partial charge >= 0.3 is 0 Å². The second-order valence-corrected chi connectivity index (χ2v) is 7.68. The van der Waals surface area contributed by atoms with Crippen LogP contribution in [0.3, 0.4) is 0 Å². The molecule has 3 aromatic rings. The summed E-state index contributed by atoms with van der Waals surface area (Å²) in [6, 6.07) is 13.8. The van der Waals surface area contributed by atoms with E-state index in [9.17, 15) is 4.39 Å². The van der Waals surface area contributed by atoms with Gasteiger partial charge in [-0.05, 0) is 42.2 Å². The Balaban J connectivity index is 1.50. The number of aryl methyl sites for hydroxylation is 1. The van der Waals surface area contributed by atoms with Gasteiger partial charge in [0.05, 0.1) is 11.6 Å². The number of ether oxygens (including phenoxy) is 1. The first-order chi connectivity index (χ1) is 15.2. The molecule has 0 saturated carbocycles. The third-order valence-corrected chi connectivity index (χ3v) is 5.19. The molecule has 0 saturated heterocycles. The molecule has 4 nitrogen and oxygen atoms in total. The van der Waals surface area contributed by atoms with Crippen LogP contribution in [0, 0.1) is 17.1 Å². The van der Waals surface area contributed by atoms with Crippen LogP contribution in [0.5, 0.6) is 5.75 Å². The average molecular weight is 418 g/mol. The molecule has 31 heavy (non-hydrogen) atoms. The fourth-order valence-electron chi connectivity index (χ4n) is 3.34. The highest BCUT2D eigenvalue weighted by Gasteiger charge is 2.06. The number of benzene rings is 2. The van der Waals surface area contributed by atoms with Gasteiger partial charge in [-0.1, -0.05) is 63.3 Å². The summed E-state index contributed by atoms with van der Waals surface area (Å²) in [7, 11) is 0. The number of hydrogen-bond acceptors (Lipinski definition) is 4. The van der Waals surface area contributed by atoms with Crippen LogP contribution >= 0.6 is 0 Å². The summed E-state index contributed by atoms with van der Waals surface area (Å²) in [6.07, 6.45) is 12.5. The van der Waals surface area contributed by atoms with Crippen LogP contribution in [0.1, 0.15) is 62.1 Å². The molecule has 2 aromatic carbocycles. The molecule has 0 bridgehead atoms. The second kappa shape index (κ2) is 11.8. The number of unbranched alkanes of at least 4 members (excludes halogenated alkanes) is 5. The fraction of sp³-hybridized carbons (Fsp3) is 0.346. The first-order valence-corrected chi connectivity index (χ1v) is 10.9. The Labute approximate surface area is 183 Å². The zero-order valence-electron chi connectivity index (χ0n) is 18.0. The van der Waals surface area contributed by atoms with E-state index >= 15 is 0 Å². The van der Waals surface area contributed by atoms with Crippen molar-refractivity contribution in [3.63, 3.8) is 0 Å². The Morgan fingerprint density at radius 2 is 1.61 bits per heavy atom. The summed E-state index contributed by atoms with van der Waals surface area (Å²) in [5.74, 6) is 0.287. The van der Waals surface area contributed by atoms with Crippen molar-refractivity contribution in [1.29, 1.82) is 5.26 Å². The SMILES string of the molecule is CCCCCCCCc1cnc(-c2ccc(COc3ccc(C#N)cc3F)cc2)nc1. The lowest BCUT2D eigenvalue weighted by Gasteiger charge is -2.08. The first-order valence-electron chi connectivity index (χ1n) is 10.9. The zero-order valence-corrected chi connectivity index (χ0v) is 18.0. The minimum atomic E-state index is -0.537. The summed E-state index contributed by atoms with van der Waals surface area (Å²) in [5.41, 5.74) is 3.28. The molecule has 5 heteroatoms. The van der Waals surface area contributed by atoms with Gasteiger partial charge in [0, 0.05) is 18.0 Å². The molecule has 0 unspecified atom stereocenters. The quantitative estimate of drug-likeness (QED) is 0.328. The summed E-state index contributed by atoms with van der Waals surface area (Å²) in [5, 5.41) is 8.80. The molecule has 0 aliphatic heterocycles. The molecular formula is C26H28FN3O. The molecule has 0 radical (unpaired) electrons. The fourth-order valence-corrected chi connectivity index (χ4v) is 3.34. The predicted molar refractivity (Wildman–Crippen MR) is 120 cm³/mol. The Morgan fingerprint density at radius 1 is 0.903 bits per heavy atom. The van der Waals surface area contributed by atoms with Crippen molar-refractivity contribution in [2.24, 2.45) is 0 Å². The van der Waals surface area contributed by atoms with E-state index in [4.69, 9.17) is 10.00 Å². The normalized spacial score (nSPS) is 10.6. The van der Waals surface area contributed by atoms with Crippen molar-refractivity contribution >= 4 is 0 Å². The van der Waals surface area contributed by atoms with Crippen LogP contribution in [0.25, 0.3) is 11.4 Å². The molecule has 0 amide bonds. The summed E-state index contributed by atoms with van der Waals surface area (Å²) >= 11 is 0. The molecule has 0 fully saturated rings. The van der Waals surface area contributed by atoms with E-state index in [1.54, 1.807) is 0 Å². The van der Waals surface area contributed by atoms with Crippen molar-refractivity contribution < 1.29 is 9.13 Å². The van der Waals surface area contributed by atoms with Gasteiger partial charge in [0.1, 0.15) is 6.61 Å². The molecule has 1 aromatic heterocycles. The van der Waals surface area contributed by atoms with Gasteiger partial charge in [0.15, 0.2) is 17.4 Å². The minimum absolute atomic E-state index is 0.132. The monoisotopic (exact) mass is 417 g/mol. The van der Waals surface area contributed by atoms with Gasteiger partial charge in [-0.3, -0.25) is 0 Å². The van der Waals surface area contributed by atoms with Gasteiger partial charge in [-0.25, -0.2) is 14.4 Å². The standard InChI is InChI=1S/C26H28FN3O/c1-2-3-4-5-6-7-8-22-17-29-26(30-18-22)23-12-9-20(10-13-23)19-31-25-14-11-21(16-28)15-24(25)27/h9-15,17-18H,2-8,19H2,1H3. The largest absolute Gasteiger partial charge is 0.486 e. The maximum absolute atomic E-state index is 13.9. The number of hydrogen-bond donors (Lipinski definition) is 0. The number of halogens is 1. The highest BCUT2D eigenvalue weighted by atomic mass is 19.1. The Kier molecular flexibility index (Phi) is 8.54. The lowest BCUT2D eigenvalue weighted by molar-refractivity contribution is 0.290. The second-order valence-electron chi connectivity index (χ2n) is 7.68. The van der Waals surface area contributed by atoms with Crippen LogP contribution in [0.15, 0.2) is 54.9 Å². The van der Waals surface area contributed by atoms with Crippen molar-refractivity contribution in [3.05, 3.63) is 77.4 Å². The van der Waals surface area contributed by atoms with Gasteiger partial charge in [-0.15, -0.1) is 0 Å². The minimum Gasteiger partial charge on any atom is -0.486 e. The number of aromatic nitrogens is 2. The van der Waals surface area contributed by atoms with Gasteiger partial charge < -0.3 is 4.74 Å². The maximum atomic E-state index is 13.9. The van der Waals surface area contributed by atoms with E-state index in [2.05, 4.69) is 16.9 Å². The summed E-state index contributed by atoms with van der Waals surface area (Å²) in [6.45, 7) is 2.47. The van der Waals surface area contributed by atoms with Gasteiger partial charge in [0.25, 0.3) is 0 Å². The molecule has 0 aliphatic carbocycles. The molecule has 0 spiro atoms. The highest BCUT2D eigenvalue weighted by molar-refractivity contribution is 5.55. The lowest BCUT2D eigenvalue weighted by atomic mass is 10.1. The van der Waals surface area contributed by atoms with Crippen LogP contribution in [0.2, 0.25) is 0 Å². The third kappa shape index (κ3) is 6.89. The summed E-state index contributed by atoms with van der Waals surface area (Å²) in [4.78, 5) is 9.02. The van der Waals surface area contributed by atoms with Crippen molar-refractivity contribution in [2.75, 3.05) is 0 Å². The number of nitriles is 1. The van der Waals surface area contributed by atoms with Gasteiger partial charge in [0.2, 0.25) is 0 Å². The average Bonchev–Trinajstić information content (AvgIpc) is 2.81. The Bertz CT molecular complexity index is 995. The summed E-state index contributed by atoms with van der Waals surface area (Å²) < 4.78 is 19.4. The number of rotatable bonds is 11. The Hall–Kier alpha value is -3.26. The molecular weight excluding hydrogens is 389 g/mol. The van der Waals surface area contributed by atoms with E-state index in [0.717, 1.165) is 17.5 Å². The van der Waals surface area contributed by atoms with Crippen molar-refractivity contribution in [2.45, 2.75) is 58.5 Å². The van der Waals surface area contributed by atoms with Crippen LogP contribution in [0.4, 0.5) is 4.39 Å². The maximum Gasteiger partial charge on any atom is 0.166 e. The third-order valence-electron chi connectivity index (χ3n) is 5.19. The topological polar surface area (TPSA) is 58.8 Å². The van der Waals surface area contributed by atoms with Crippen LogP contribution < -0.4 is 4.74 Å². The van der Waals surface area contributed by atoms with Crippen LogP contribution in [-0.4, -0.2) is 9.97 Å². The Morgan fingerprint density at radius 3 is 2.29 bits per heavy atom. The predicted octanol–water partition coefficient (Wildman–Crippen LogP) is 6.64. The van der Waals surface area contributed by atoms with Gasteiger partial charge in [-0.2, -0.15) is 5.26 Å². The van der Waals surface area contributed by atoms with E-state index in [0.29, 0.717) is 5.82 Å². The van der Waals surface area contributed by atoms with E-state index in [-0.39, 0.29) is 17.9 Å². The molecule has 0 N–H and O–H groups in total. The molecule has 0 aliphatic rings. The molecule has 1 heterocycles. The lowest BCUT2D eigenvalue weighted by Crippen LogP contribution is -1.98. The molecule has 3 rings (SSSR count). The zero-order chi connectivity index (χ0) is 21.9. The first kappa shape index (κ1) is 22.4. The highest BCUT2D eigenvalue weighted by Crippen LogP contribution is 2.21. The molecule has 0 atom stereocenters. The van der Waals surface area contributed by atoms with E-state index < -0.39 is 5.82 Å².